The first-order valence-corrected chi connectivity index (χ1v) is 8.73. The number of aliphatic carboxylic acids is 1. The van der Waals surface area contributed by atoms with Gasteiger partial charge in [0, 0.05) is 18.1 Å². The predicted octanol–water partition coefficient (Wildman–Crippen LogP) is 2.27. The van der Waals surface area contributed by atoms with Crippen molar-refractivity contribution in [3.63, 3.8) is 0 Å². The predicted molar refractivity (Wildman–Crippen MR) is 87.7 cm³/mol. The second kappa shape index (κ2) is 6.64. The Balaban J connectivity index is 2.59. The Kier molecular flexibility index (Phi) is 5.01. The van der Waals surface area contributed by atoms with E-state index in [2.05, 4.69) is 4.98 Å². The number of hydrogen-bond acceptors (Lipinski definition) is 4. The van der Waals surface area contributed by atoms with Crippen LogP contribution in [0.3, 0.4) is 0 Å². The van der Waals surface area contributed by atoms with Crippen LogP contribution in [0.5, 0.6) is 0 Å². The number of nitrogens with zero attached hydrogens (tertiary/aromatic N) is 2. The van der Waals surface area contributed by atoms with Gasteiger partial charge in [-0.25, -0.2) is 8.42 Å². The molecule has 0 aliphatic carbocycles. The van der Waals surface area contributed by atoms with E-state index in [1.54, 1.807) is 18.3 Å². The SMILES string of the molecule is Cc1cnc2c(S(=O)(=O)N(CC(=O)O)CC(C)C)cccc2c1. The Morgan fingerprint density at radius 3 is 2.65 bits per heavy atom. The highest BCUT2D eigenvalue weighted by molar-refractivity contribution is 7.89. The van der Waals surface area contributed by atoms with Gasteiger partial charge in [0.25, 0.3) is 0 Å². The molecule has 0 unspecified atom stereocenters. The molecule has 0 bridgehead atoms. The zero-order valence-corrected chi connectivity index (χ0v) is 14.2. The summed E-state index contributed by atoms with van der Waals surface area (Å²) in [7, 11) is -3.94. The van der Waals surface area contributed by atoms with E-state index in [0.29, 0.717) is 10.9 Å². The second-order valence-corrected chi connectivity index (χ2v) is 7.83. The number of sulfonamides is 1. The Bertz CT molecular complexity index is 831. The zero-order valence-electron chi connectivity index (χ0n) is 13.4. The molecule has 1 aromatic carbocycles. The highest BCUT2D eigenvalue weighted by atomic mass is 32.2. The van der Waals surface area contributed by atoms with E-state index in [4.69, 9.17) is 5.11 Å². The van der Waals surface area contributed by atoms with Crippen molar-refractivity contribution in [2.75, 3.05) is 13.1 Å². The van der Waals surface area contributed by atoms with E-state index in [0.717, 1.165) is 9.87 Å². The van der Waals surface area contributed by atoms with E-state index in [1.165, 1.54) is 6.07 Å². The summed E-state index contributed by atoms with van der Waals surface area (Å²) in [6.07, 6.45) is 1.60. The third-order valence-electron chi connectivity index (χ3n) is 3.31. The normalized spacial score (nSPS) is 12.2. The number of fused-ring (bicyclic) bond motifs is 1. The molecule has 2 rings (SSSR count). The summed E-state index contributed by atoms with van der Waals surface area (Å²) in [6, 6.07) is 6.75. The minimum absolute atomic E-state index is 0.00862. The van der Waals surface area contributed by atoms with E-state index in [-0.39, 0.29) is 17.4 Å². The van der Waals surface area contributed by atoms with Gasteiger partial charge in [-0.05, 0) is 30.5 Å². The van der Waals surface area contributed by atoms with Gasteiger partial charge in [-0.2, -0.15) is 4.31 Å². The minimum atomic E-state index is -3.94. The molecule has 124 valence electrons. The van der Waals surface area contributed by atoms with Gasteiger partial charge in [0.05, 0.1) is 5.52 Å². The summed E-state index contributed by atoms with van der Waals surface area (Å²) in [5, 5.41) is 9.75. The molecular formula is C16H20N2O4S. The van der Waals surface area contributed by atoms with Crippen LogP contribution in [0.1, 0.15) is 19.4 Å². The molecule has 0 fully saturated rings. The van der Waals surface area contributed by atoms with E-state index >= 15 is 0 Å². The van der Waals surface area contributed by atoms with Gasteiger partial charge in [0.2, 0.25) is 10.0 Å². The van der Waals surface area contributed by atoms with Crippen molar-refractivity contribution in [2.24, 2.45) is 5.92 Å². The summed E-state index contributed by atoms with van der Waals surface area (Å²) in [4.78, 5) is 15.3. The Morgan fingerprint density at radius 1 is 1.35 bits per heavy atom. The first-order chi connectivity index (χ1) is 10.7. The first-order valence-electron chi connectivity index (χ1n) is 7.29. The molecule has 7 heteroatoms. The number of para-hydroxylation sites is 1. The molecule has 2 aromatic rings. The van der Waals surface area contributed by atoms with Crippen LogP contribution in [-0.2, 0) is 14.8 Å². The average molecular weight is 336 g/mol. The Morgan fingerprint density at radius 2 is 2.04 bits per heavy atom. The average Bonchev–Trinajstić information content (AvgIpc) is 2.44. The molecular weight excluding hydrogens is 316 g/mol. The summed E-state index contributed by atoms with van der Waals surface area (Å²) >= 11 is 0. The quantitative estimate of drug-likeness (QED) is 0.874. The molecule has 0 atom stereocenters. The first kappa shape index (κ1) is 17.4. The van der Waals surface area contributed by atoms with Crippen LogP contribution in [0.25, 0.3) is 10.9 Å². The number of carbonyl (C=O) groups is 1. The van der Waals surface area contributed by atoms with E-state index in [1.807, 2.05) is 26.8 Å². The van der Waals surface area contributed by atoms with Crippen LogP contribution in [0.4, 0.5) is 0 Å². The fourth-order valence-electron chi connectivity index (χ4n) is 2.40. The number of benzene rings is 1. The maximum absolute atomic E-state index is 12.9. The lowest BCUT2D eigenvalue weighted by Crippen LogP contribution is -2.38. The molecule has 0 radical (unpaired) electrons. The number of carboxylic acids is 1. The van der Waals surface area contributed by atoms with Crippen LogP contribution >= 0.6 is 0 Å². The van der Waals surface area contributed by atoms with Gasteiger partial charge in [-0.1, -0.05) is 26.0 Å². The Hall–Kier alpha value is -1.99. The fraction of sp³-hybridized carbons (Fsp3) is 0.375. The zero-order chi connectivity index (χ0) is 17.2. The smallest absolute Gasteiger partial charge is 0.318 e. The Labute approximate surface area is 135 Å². The molecule has 23 heavy (non-hydrogen) atoms. The largest absolute Gasteiger partial charge is 0.480 e. The minimum Gasteiger partial charge on any atom is -0.480 e. The maximum Gasteiger partial charge on any atom is 0.318 e. The number of carboxylic acid groups (broad SMARTS) is 1. The number of pyridine rings is 1. The number of rotatable bonds is 6. The third kappa shape index (κ3) is 3.86. The summed E-state index contributed by atoms with van der Waals surface area (Å²) in [5.41, 5.74) is 1.29. The van der Waals surface area contributed by atoms with Crippen molar-refractivity contribution < 1.29 is 18.3 Å². The topological polar surface area (TPSA) is 87.6 Å². The molecule has 0 spiro atoms. The van der Waals surface area contributed by atoms with Crippen LogP contribution in [0.15, 0.2) is 35.4 Å². The van der Waals surface area contributed by atoms with Crippen molar-refractivity contribution in [1.29, 1.82) is 0 Å². The standard InChI is InChI=1S/C16H20N2O4S/c1-11(2)9-18(10-15(19)20)23(21,22)14-6-4-5-13-7-12(3)8-17-16(13)14/h4-8,11H,9-10H2,1-3H3,(H,19,20). The molecule has 6 nitrogen and oxygen atoms in total. The molecule has 1 aromatic heterocycles. The van der Waals surface area contributed by atoms with Gasteiger partial charge in [-0.3, -0.25) is 9.78 Å². The number of aryl methyl sites for hydroxylation is 1. The van der Waals surface area contributed by atoms with Gasteiger partial charge >= 0.3 is 5.97 Å². The molecule has 1 N–H and O–H groups in total. The van der Waals surface area contributed by atoms with Crippen LogP contribution in [0.2, 0.25) is 0 Å². The van der Waals surface area contributed by atoms with Gasteiger partial charge < -0.3 is 5.11 Å². The molecule has 0 amide bonds. The molecule has 1 heterocycles. The fourth-order valence-corrected chi connectivity index (χ4v) is 4.11. The van der Waals surface area contributed by atoms with Crippen LogP contribution < -0.4 is 0 Å². The monoisotopic (exact) mass is 336 g/mol. The highest BCUT2D eigenvalue weighted by Crippen LogP contribution is 2.25. The van der Waals surface area contributed by atoms with Crippen molar-refractivity contribution in [2.45, 2.75) is 25.7 Å². The number of aromatic nitrogens is 1. The summed E-state index contributed by atoms with van der Waals surface area (Å²) in [5.74, 6) is -1.17. The molecule has 0 saturated heterocycles. The third-order valence-corrected chi connectivity index (χ3v) is 5.15. The molecule has 0 aliphatic rings. The van der Waals surface area contributed by atoms with Crippen molar-refractivity contribution in [3.8, 4) is 0 Å². The molecule has 0 saturated carbocycles. The van der Waals surface area contributed by atoms with Crippen molar-refractivity contribution in [3.05, 3.63) is 36.0 Å². The van der Waals surface area contributed by atoms with Gasteiger partial charge in [0.1, 0.15) is 11.4 Å². The van der Waals surface area contributed by atoms with Crippen LogP contribution in [-0.4, -0.2) is 41.9 Å². The lowest BCUT2D eigenvalue weighted by molar-refractivity contribution is -0.137. The second-order valence-electron chi connectivity index (χ2n) is 5.93. The van der Waals surface area contributed by atoms with Crippen molar-refractivity contribution >= 4 is 26.9 Å². The highest BCUT2D eigenvalue weighted by Gasteiger charge is 2.29. The lowest BCUT2D eigenvalue weighted by Gasteiger charge is -2.22. The van der Waals surface area contributed by atoms with E-state index < -0.39 is 22.5 Å². The van der Waals surface area contributed by atoms with Gasteiger partial charge in [0.15, 0.2) is 0 Å². The summed E-state index contributed by atoms with van der Waals surface area (Å²) < 4.78 is 26.8. The maximum atomic E-state index is 12.9. The number of hydrogen-bond donors (Lipinski definition) is 1. The van der Waals surface area contributed by atoms with Gasteiger partial charge in [-0.15, -0.1) is 0 Å². The molecule has 0 aliphatic heterocycles. The van der Waals surface area contributed by atoms with Crippen LogP contribution in [0, 0.1) is 12.8 Å². The lowest BCUT2D eigenvalue weighted by atomic mass is 10.2. The van der Waals surface area contributed by atoms with E-state index in [9.17, 15) is 13.2 Å². The van der Waals surface area contributed by atoms with Crippen molar-refractivity contribution in [1.82, 2.24) is 9.29 Å². The summed E-state index contributed by atoms with van der Waals surface area (Å²) in [6.45, 7) is 5.13.